The fourth-order valence-electron chi connectivity index (χ4n) is 10.6. The van der Waals surface area contributed by atoms with Crippen LogP contribution in [0.4, 0.5) is 17.1 Å². The average Bonchev–Trinajstić information content (AvgIpc) is 3.63. The van der Waals surface area contributed by atoms with E-state index in [0.29, 0.717) is 0 Å². The molecule has 0 fully saturated rings. The van der Waals surface area contributed by atoms with Crippen LogP contribution in [0.3, 0.4) is 0 Å². The van der Waals surface area contributed by atoms with E-state index in [-0.39, 0.29) is 10.8 Å². The summed E-state index contributed by atoms with van der Waals surface area (Å²) in [5.74, 6) is 0. The molecule has 0 unspecified atom stereocenters. The van der Waals surface area contributed by atoms with Gasteiger partial charge in [-0.05, 0) is 120 Å². The van der Waals surface area contributed by atoms with Gasteiger partial charge in [-0.15, -0.1) is 0 Å². The summed E-state index contributed by atoms with van der Waals surface area (Å²) in [6, 6.07) is 66.4. The topological polar surface area (TPSA) is 3.24 Å². The highest BCUT2D eigenvalue weighted by Crippen LogP contribution is 2.57. The predicted octanol–water partition coefficient (Wildman–Crippen LogP) is 15.9. The molecule has 0 N–H and O–H groups in total. The molecule has 0 atom stereocenters. The number of para-hydroxylation sites is 2. The maximum atomic E-state index is 2.53. The van der Waals surface area contributed by atoms with Gasteiger partial charge in [-0.25, -0.2) is 0 Å². The second kappa shape index (κ2) is 12.1. The van der Waals surface area contributed by atoms with Crippen molar-refractivity contribution in [1.82, 2.24) is 0 Å². The number of anilines is 3. The van der Waals surface area contributed by atoms with Crippen molar-refractivity contribution in [3.63, 3.8) is 0 Å². The Kier molecular flexibility index (Phi) is 7.03. The number of nitrogens with zero attached hydrogens (tertiary/aromatic N) is 1. The Morgan fingerprint density at radius 3 is 1.59 bits per heavy atom. The van der Waals surface area contributed by atoms with E-state index in [1.807, 2.05) is 11.8 Å². The molecular formula is C56H41NS. The van der Waals surface area contributed by atoms with Gasteiger partial charge in [0.1, 0.15) is 0 Å². The fraction of sp³-hybridized carbons (Fsp3) is 0.107. The van der Waals surface area contributed by atoms with Gasteiger partial charge in [0.25, 0.3) is 0 Å². The van der Waals surface area contributed by atoms with E-state index in [1.165, 1.54) is 115 Å². The molecule has 58 heavy (non-hydrogen) atoms. The number of hydrogen-bond acceptors (Lipinski definition) is 2. The lowest BCUT2D eigenvalue weighted by Gasteiger charge is -2.35. The standard InChI is InChI=1S/C56H41NS/c1-55(2)46-20-10-8-16-38(46)43-32-36(27-30-47(43)55)53-40-17-5-6-18-41(40)54(57-49-21-11-13-23-51(49)58-52-24-14-12-22-50(52)57)42-29-26-34(31-44(42)53)35-25-28-39-37-15-7-9-19-45(37)56(3,4)48(39)33-35/h5-33H,1-4H3. The Bertz CT molecular complexity index is 3170. The number of rotatable bonds is 3. The molecule has 2 heteroatoms. The quantitative estimate of drug-likeness (QED) is 0.165. The van der Waals surface area contributed by atoms with Gasteiger partial charge < -0.3 is 4.90 Å². The van der Waals surface area contributed by atoms with E-state index >= 15 is 0 Å². The monoisotopic (exact) mass is 759 g/mol. The first-order valence-electron chi connectivity index (χ1n) is 20.4. The molecule has 1 heterocycles. The van der Waals surface area contributed by atoms with Crippen LogP contribution >= 0.6 is 11.8 Å². The van der Waals surface area contributed by atoms with Crippen LogP contribution in [0.15, 0.2) is 186 Å². The Morgan fingerprint density at radius 2 is 0.862 bits per heavy atom. The second-order valence-electron chi connectivity index (χ2n) is 17.3. The molecule has 0 amide bonds. The van der Waals surface area contributed by atoms with Gasteiger partial charge in [-0.2, -0.15) is 0 Å². The summed E-state index contributed by atoms with van der Waals surface area (Å²) in [5.41, 5.74) is 19.5. The van der Waals surface area contributed by atoms with Gasteiger partial charge >= 0.3 is 0 Å². The zero-order valence-electron chi connectivity index (χ0n) is 33.1. The van der Waals surface area contributed by atoms with E-state index in [4.69, 9.17) is 0 Å². The third-order valence-corrected chi connectivity index (χ3v) is 14.6. The molecule has 0 spiro atoms. The second-order valence-corrected chi connectivity index (χ2v) is 18.3. The molecule has 3 aliphatic rings. The van der Waals surface area contributed by atoms with Gasteiger partial charge in [0.05, 0.1) is 17.1 Å². The van der Waals surface area contributed by atoms with Crippen LogP contribution < -0.4 is 4.90 Å². The maximum absolute atomic E-state index is 2.53. The van der Waals surface area contributed by atoms with E-state index in [9.17, 15) is 0 Å². The molecule has 0 aromatic heterocycles. The molecule has 0 saturated heterocycles. The van der Waals surface area contributed by atoms with Gasteiger partial charge in [0.15, 0.2) is 0 Å². The first-order chi connectivity index (χ1) is 28.3. The summed E-state index contributed by atoms with van der Waals surface area (Å²) >= 11 is 1.86. The first kappa shape index (κ1) is 33.8. The van der Waals surface area contributed by atoms with E-state index < -0.39 is 0 Å². The van der Waals surface area contributed by atoms with Crippen molar-refractivity contribution >= 4 is 50.4 Å². The Labute approximate surface area is 344 Å². The van der Waals surface area contributed by atoms with Crippen LogP contribution in [0.1, 0.15) is 49.9 Å². The van der Waals surface area contributed by atoms with Crippen molar-refractivity contribution in [1.29, 1.82) is 0 Å². The van der Waals surface area contributed by atoms with Crippen molar-refractivity contribution in [3.05, 3.63) is 198 Å². The molecule has 0 saturated carbocycles. The Balaban J connectivity index is 1.16. The average molecular weight is 760 g/mol. The summed E-state index contributed by atoms with van der Waals surface area (Å²) in [6.45, 7) is 9.48. The van der Waals surface area contributed by atoms with Crippen LogP contribution in [0.5, 0.6) is 0 Å². The van der Waals surface area contributed by atoms with Gasteiger partial charge in [-0.1, -0.05) is 173 Å². The zero-order valence-corrected chi connectivity index (χ0v) is 33.9. The summed E-state index contributed by atoms with van der Waals surface area (Å²) in [6.07, 6.45) is 0. The molecule has 276 valence electrons. The van der Waals surface area contributed by atoms with E-state index in [0.717, 1.165) is 0 Å². The molecule has 0 bridgehead atoms. The van der Waals surface area contributed by atoms with Crippen LogP contribution in [0.2, 0.25) is 0 Å². The van der Waals surface area contributed by atoms with E-state index in [2.05, 4.69) is 209 Å². The molecule has 12 rings (SSSR count). The van der Waals surface area contributed by atoms with Gasteiger partial charge in [-0.3, -0.25) is 0 Å². The molecule has 9 aromatic rings. The third kappa shape index (κ3) is 4.61. The molecule has 1 nitrogen and oxygen atoms in total. The molecule has 1 aliphatic heterocycles. The van der Waals surface area contributed by atoms with Crippen LogP contribution in [-0.2, 0) is 10.8 Å². The van der Waals surface area contributed by atoms with Crippen molar-refractivity contribution in [2.24, 2.45) is 0 Å². The zero-order chi connectivity index (χ0) is 38.9. The largest absolute Gasteiger partial charge is 0.307 e. The van der Waals surface area contributed by atoms with Gasteiger partial charge in [0.2, 0.25) is 0 Å². The normalized spacial score (nSPS) is 15.1. The predicted molar refractivity (Wildman–Crippen MR) is 246 cm³/mol. The van der Waals surface area contributed by atoms with Gasteiger partial charge in [0, 0.05) is 31.4 Å². The summed E-state index contributed by atoms with van der Waals surface area (Å²) in [7, 11) is 0. The first-order valence-corrected chi connectivity index (χ1v) is 21.2. The molecule has 2 aliphatic carbocycles. The summed E-state index contributed by atoms with van der Waals surface area (Å²) in [5, 5.41) is 5.00. The number of benzene rings is 9. The Hall–Kier alpha value is -6.35. The SMILES string of the molecule is CC1(C)c2ccccc2-c2cc(-c3c4ccccc4c(N4c5ccccc5Sc5ccccc54)c4ccc(-c5ccc6c(c5)C(C)(C)c5ccccc5-6)cc34)ccc21. The van der Waals surface area contributed by atoms with Crippen molar-refractivity contribution in [2.75, 3.05) is 4.90 Å². The minimum absolute atomic E-state index is 0.0559. The van der Waals surface area contributed by atoms with Crippen LogP contribution in [0.25, 0.3) is 66.1 Å². The summed E-state index contributed by atoms with van der Waals surface area (Å²) in [4.78, 5) is 5.06. The van der Waals surface area contributed by atoms with Crippen molar-refractivity contribution in [2.45, 2.75) is 48.3 Å². The molecule has 0 radical (unpaired) electrons. The van der Waals surface area contributed by atoms with E-state index in [1.54, 1.807) is 0 Å². The van der Waals surface area contributed by atoms with Crippen LogP contribution in [-0.4, -0.2) is 0 Å². The molecular weight excluding hydrogens is 719 g/mol. The lowest BCUT2D eigenvalue weighted by molar-refractivity contribution is 0.660. The van der Waals surface area contributed by atoms with Crippen molar-refractivity contribution in [3.8, 4) is 44.5 Å². The minimum Gasteiger partial charge on any atom is -0.307 e. The lowest BCUT2D eigenvalue weighted by Crippen LogP contribution is -2.16. The minimum atomic E-state index is -0.0745. The highest BCUT2D eigenvalue weighted by molar-refractivity contribution is 7.99. The highest BCUT2D eigenvalue weighted by Gasteiger charge is 2.37. The Morgan fingerprint density at radius 1 is 0.362 bits per heavy atom. The molecule has 9 aromatic carbocycles. The summed E-state index contributed by atoms with van der Waals surface area (Å²) < 4.78 is 0. The number of hydrogen-bond donors (Lipinski definition) is 0. The van der Waals surface area contributed by atoms with Crippen LogP contribution in [0, 0.1) is 0 Å². The number of fused-ring (bicyclic) bond motifs is 10. The third-order valence-electron chi connectivity index (χ3n) is 13.4. The lowest BCUT2D eigenvalue weighted by atomic mass is 9.81. The smallest absolute Gasteiger partial charge is 0.0619 e. The van der Waals surface area contributed by atoms with Crippen molar-refractivity contribution < 1.29 is 0 Å². The maximum Gasteiger partial charge on any atom is 0.0619 e. The fourth-order valence-corrected chi connectivity index (χ4v) is 11.6. The highest BCUT2D eigenvalue weighted by atomic mass is 32.2.